The van der Waals surface area contributed by atoms with Crippen LogP contribution in [-0.4, -0.2) is 24.1 Å². The molecule has 0 fully saturated rings. The number of rotatable bonds is 8. The molecule has 0 saturated heterocycles. The van der Waals surface area contributed by atoms with Crippen LogP contribution in [-0.2, 0) is 4.79 Å². The SMILES string of the molecule is CCCNC(C)(CC(C)Oc1ccc(F)cc1C)C(N)=O. The number of amides is 1. The van der Waals surface area contributed by atoms with Gasteiger partial charge in [0, 0.05) is 6.42 Å². The summed E-state index contributed by atoms with van der Waals surface area (Å²) in [5.41, 5.74) is 5.41. The van der Waals surface area contributed by atoms with E-state index in [1.54, 1.807) is 19.9 Å². The fourth-order valence-electron chi connectivity index (χ4n) is 2.24. The summed E-state index contributed by atoms with van der Waals surface area (Å²) in [4.78, 5) is 11.7. The Labute approximate surface area is 125 Å². The predicted molar refractivity (Wildman–Crippen MR) is 81.7 cm³/mol. The zero-order valence-electron chi connectivity index (χ0n) is 13.2. The number of carbonyl (C=O) groups is 1. The largest absolute Gasteiger partial charge is 0.490 e. The van der Waals surface area contributed by atoms with Crippen molar-refractivity contribution in [2.45, 2.75) is 52.2 Å². The summed E-state index contributed by atoms with van der Waals surface area (Å²) in [6, 6.07) is 4.38. The number of hydrogen-bond donors (Lipinski definition) is 2. The van der Waals surface area contributed by atoms with E-state index < -0.39 is 11.4 Å². The summed E-state index contributed by atoms with van der Waals surface area (Å²) >= 11 is 0. The summed E-state index contributed by atoms with van der Waals surface area (Å²) in [6.07, 6.45) is 1.13. The molecule has 4 nitrogen and oxygen atoms in total. The maximum Gasteiger partial charge on any atom is 0.237 e. The van der Waals surface area contributed by atoms with Gasteiger partial charge in [0.1, 0.15) is 11.6 Å². The monoisotopic (exact) mass is 296 g/mol. The van der Waals surface area contributed by atoms with E-state index in [1.165, 1.54) is 12.1 Å². The normalized spacial score (nSPS) is 15.3. The van der Waals surface area contributed by atoms with Crippen molar-refractivity contribution in [2.24, 2.45) is 5.73 Å². The fourth-order valence-corrected chi connectivity index (χ4v) is 2.24. The highest BCUT2D eigenvalue weighted by atomic mass is 19.1. The van der Waals surface area contributed by atoms with E-state index >= 15 is 0 Å². The zero-order chi connectivity index (χ0) is 16.0. The number of primary amides is 1. The van der Waals surface area contributed by atoms with E-state index in [0.717, 1.165) is 12.0 Å². The molecule has 2 unspecified atom stereocenters. The van der Waals surface area contributed by atoms with Gasteiger partial charge in [-0.25, -0.2) is 4.39 Å². The Bertz CT molecular complexity index is 493. The maximum absolute atomic E-state index is 13.1. The van der Waals surface area contributed by atoms with Gasteiger partial charge in [-0.3, -0.25) is 4.79 Å². The third kappa shape index (κ3) is 5.01. The number of nitrogens with one attached hydrogen (secondary N) is 1. The molecular weight excluding hydrogens is 271 g/mol. The number of ether oxygens (including phenoxy) is 1. The van der Waals surface area contributed by atoms with Gasteiger partial charge in [0.2, 0.25) is 5.91 Å². The second-order valence-electron chi connectivity index (χ2n) is 5.67. The average molecular weight is 296 g/mol. The van der Waals surface area contributed by atoms with E-state index in [-0.39, 0.29) is 11.9 Å². The second-order valence-corrected chi connectivity index (χ2v) is 5.67. The molecule has 1 aromatic carbocycles. The summed E-state index contributed by atoms with van der Waals surface area (Å²) in [7, 11) is 0. The Balaban J connectivity index is 2.73. The molecule has 1 rings (SSSR count). The fraction of sp³-hybridized carbons (Fsp3) is 0.562. The van der Waals surface area contributed by atoms with Gasteiger partial charge in [-0.2, -0.15) is 0 Å². The summed E-state index contributed by atoms with van der Waals surface area (Å²) < 4.78 is 18.9. The van der Waals surface area contributed by atoms with E-state index in [9.17, 15) is 9.18 Å². The minimum absolute atomic E-state index is 0.226. The van der Waals surface area contributed by atoms with Crippen molar-refractivity contribution in [2.75, 3.05) is 6.54 Å². The Kier molecular flexibility index (Phi) is 6.15. The molecule has 0 saturated carbocycles. The number of nitrogens with two attached hydrogens (primary N) is 1. The molecular formula is C16H25FN2O2. The maximum atomic E-state index is 13.1. The molecule has 0 aromatic heterocycles. The number of aryl methyl sites for hydroxylation is 1. The Morgan fingerprint density at radius 1 is 1.52 bits per heavy atom. The topological polar surface area (TPSA) is 64.3 Å². The number of halogens is 1. The third-order valence-electron chi connectivity index (χ3n) is 3.47. The van der Waals surface area contributed by atoms with Crippen LogP contribution in [0.4, 0.5) is 4.39 Å². The van der Waals surface area contributed by atoms with Crippen LogP contribution in [0.3, 0.4) is 0 Å². The number of benzene rings is 1. The second kappa shape index (κ2) is 7.41. The highest BCUT2D eigenvalue weighted by Crippen LogP contribution is 2.22. The van der Waals surface area contributed by atoms with Crippen LogP contribution in [0, 0.1) is 12.7 Å². The molecule has 1 aromatic rings. The standard InChI is InChI=1S/C16H25FN2O2/c1-5-8-19-16(4,15(18)20)10-12(3)21-14-7-6-13(17)9-11(14)2/h6-7,9,12,19H,5,8,10H2,1-4H3,(H2,18,20). The lowest BCUT2D eigenvalue weighted by Gasteiger charge is -2.30. The van der Waals surface area contributed by atoms with Gasteiger partial charge in [0.05, 0.1) is 11.6 Å². The zero-order valence-corrected chi connectivity index (χ0v) is 13.2. The molecule has 3 N–H and O–H groups in total. The molecule has 5 heteroatoms. The number of carbonyl (C=O) groups excluding carboxylic acids is 1. The Morgan fingerprint density at radius 2 is 2.19 bits per heavy atom. The smallest absolute Gasteiger partial charge is 0.237 e. The van der Waals surface area contributed by atoms with Gasteiger partial charge in [-0.15, -0.1) is 0 Å². The molecule has 21 heavy (non-hydrogen) atoms. The first-order valence-corrected chi connectivity index (χ1v) is 7.26. The molecule has 1 amide bonds. The third-order valence-corrected chi connectivity index (χ3v) is 3.47. The molecule has 0 spiro atoms. The van der Waals surface area contributed by atoms with Crippen LogP contribution in [0.1, 0.15) is 39.2 Å². The Hall–Kier alpha value is -1.62. The van der Waals surface area contributed by atoms with E-state index in [0.29, 0.717) is 18.7 Å². The summed E-state index contributed by atoms with van der Waals surface area (Å²) in [5, 5.41) is 3.17. The van der Waals surface area contributed by atoms with Crippen LogP contribution in [0.25, 0.3) is 0 Å². The lowest BCUT2D eigenvalue weighted by atomic mass is 9.93. The van der Waals surface area contributed by atoms with E-state index in [2.05, 4.69) is 5.32 Å². The average Bonchev–Trinajstić information content (AvgIpc) is 2.39. The van der Waals surface area contributed by atoms with Crippen molar-refractivity contribution in [3.8, 4) is 5.75 Å². The minimum Gasteiger partial charge on any atom is -0.490 e. The van der Waals surface area contributed by atoms with Gasteiger partial charge < -0.3 is 15.8 Å². The van der Waals surface area contributed by atoms with Gasteiger partial charge >= 0.3 is 0 Å². The molecule has 0 aliphatic rings. The lowest BCUT2D eigenvalue weighted by Crippen LogP contribution is -2.55. The Morgan fingerprint density at radius 3 is 2.71 bits per heavy atom. The van der Waals surface area contributed by atoms with Crippen LogP contribution < -0.4 is 15.8 Å². The minimum atomic E-state index is -0.816. The van der Waals surface area contributed by atoms with Gasteiger partial charge in [0.25, 0.3) is 0 Å². The van der Waals surface area contributed by atoms with Gasteiger partial charge in [0.15, 0.2) is 0 Å². The van der Waals surface area contributed by atoms with Crippen molar-refractivity contribution >= 4 is 5.91 Å². The first-order chi connectivity index (χ1) is 9.78. The summed E-state index contributed by atoms with van der Waals surface area (Å²) in [6.45, 7) is 8.17. The summed E-state index contributed by atoms with van der Waals surface area (Å²) in [5.74, 6) is -0.0764. The highest BCUT2D eigenvalue weighted by molar-refractivity contribution is 5.84. The molecule has 0 aliphatic heterocycles. The van der Waals surface area contributed by atoms with Crippen molar-refractivity contribution in [1.29, 1.82) is 0 Å². The quantitative estimate of drug-likeness (QED) is 0.775. The van der Waals surface area contributed by atoms with Gasteiger partial charge in [-0.1, -0.05) is 6.92 Å². The van der Waals surface area contributed by atoms with Crippen molar-refractivity contribution in [1.82, 2.24) is 5.32 Å². The van der Waals surface area contributed by atoms with Crippen LogP contribution in [0.5, 0.6) is 5.75 Å². The first-order valence-electron chi connectivity index (χ1n) is 7.26. The molecule has 118 valence electrons. The molecule has 0 heterocycles. The van der Waals surface area contributed by atoms with Crippen LogP contribution in [0.15, 0.2) is 18.2 Å². The lowest BCUT2D eigenvalue weighted by molar-refractivity contribution is -0.124. The van der Waals surface area contributed by atoms with Crippen LogP contribution in [0.2, 0.25) is 0 Å². The molecule has 0 bridgehead atoms. The van der Waals surface area contributed by atoms with E-state index in [1.807, 2.05) is 13.8 Å². The highest BCUT2D eigenvalue weighted by Gasteiger charge is 2.32. The van der Waals surface area contributed by atoms with Gasteiger partial charge in [-0.05, 0) is 57.5 Å². The van der Waals surface area contributed by atoms with Crippen molar-refractivity contribution in [3.63, 3.8) is 0 Å². The van der Waals surface area contributed by atoms with Crippen LogP contribution >= 0.6 is 0 Å². The number of hydrogen-bond acceptors (Lipinski definition) is 3. The first kappa shape index (κ1) is 17.4. The molecule has 0 aliphatic carbocycles. The van der Waals surface area contributed by atoms with E-state index in [4.69, 9.17) is 10.5 Å². The molecule has 0 radical (unpaired) electrons. The van der Waals surface area contributed by atoms with Crippen molar-refractivity contribution < 1.29 is 13.9 Å². The van der Waals surface area contributed by atoms with Crippen molar-refractivity contribution in [3.05, 3.63) is 29.6 Å². The molecule has 2 atom stereocenters. The predicted octanol–water partition coefficient (Wildman–Crippen LogP) is 2.54.